The number of aromatic amines is 1. The first-order chi connectivity index (χ1) is 21.7. The third-order valence-corrected chi connectivity index (χ3v) is 10.3. The molecule has 1 aliphatic heterocycles. The molecule has 17 heteroatoms. The fourth-order valence-corrected chi connectivity index (χ4v) is 7.33. The molecule has 5 atom stereocenters. The summed E-state index contributed by atoms with van der Waals surface area (Å²) in [6.07, 6.45) is -1.61. The Balaban J connectivity index is 1.64. The average Bonchev–Trinajstić information content (AvgIpc) is 3.26. The Morgan fingerprint density at radius 1 is 1.20 bits per heavy atom. The highest BCUT2D eigenvalue weighted by molar-refractivity contribution is 8.13. The minimum Gasteiger partial charge on any atom is -0.450 e. The van der Waals surface area contributed by atoms with Crippen LogP contribution in [0.5, 0.6) is 0 Å². The van der Waals surface area contributed by atoms with Crippen LogP contribution in [-0.2, 0) is 39.2 Å². The number of alkyl halides is 1. The van der Waals surface area contributed by atoms with Gasteiger partial charge in [0, 0.05) is 43.6 Å². The summed E-state index contributed by atoms with van der Waals surface area (Å²) in [5.74, 6) is 0.186. The predicted octanol–water partition coefficient (Wildman–Crippen LogP) is 3.80. The van der Waals surface area contributed by atoms with Crippen molar-refractivity contribution < 1.29 is 37.4 Å². The van der Waals surface area contributed by atoms with Gasteiger partial charge in [-0.3, -0.25) is 28.2 Å². The highest BCUT2D eigenvalue weighted by atomic mass is 35.5. The smallest absolute Gasteiger partial charge is 0.407 e. The number of alkyl carbamates (subject to hydrolysis) is 1. The Bertz CT molecular complexity index is 1470. The van der Waals surface area contributed by atoms with Gasteiger partial charge in [-0.25, -0.2) is 19.2 Å². The van der Waals surface area contributed by atoms with Crippen molar-refractivity contribution in [3.8, 4) is 0 Å². The summed E-state index contributed by atoms with van der Waals surface area (Å²) in [5.41, 5.74) is -1.21. The van der Waals surface area contributed by atoms with Crippen LogP contribution in [0.15, 0.2) is 52.2 Å². The van der Waals surface area contributed by atoms with Crippen LogP contribution in [0.25, 0.3) is 0 Å². The van der Waals surface area contributed by atoms with Crippen LogP contribution in [0.3, 0.4) is 0 Å². The van der Waals surface area contributed by atoms with E-state index in [0.717, 1.165) is 21.9 Å². The van der Waals surface area contributed by atoms with Gasteiger partial charge in [-0.05, 0) is 25.8 Å². The zero-order valence-corrected chi connectivity index (χ0v) is 29.0. The zero-order valence-electron chi connectivity index (χ0n) is 26.5. The number of hydrogen-bond acceptors (Lipinski definition) is 11. The molecule has 0 unspecified atom stereocenters. The van der Waals surface area contributed by atoms with Crippen LogP contribution < -0.4 is 21.7 Å². The largest absolute Gasteiger partial charge is 0.450 e. The molecule has 0 aliphatic carbocycles. The standard InChI is InChI=1S/C29H42ClN4O10PS/c1-6-41-27(38)31-14-13-28(2,3)25(36)46-17-16-42-45(39,32-18-20-10-8-7-9-11-20)43-19-21-23(40-5)29(4,30)24(44-21)34-15-12-22(35)33-26(34)37/h7-12,15,21,23-24H,6,13-14,16-19H2,1-5H3,(H,31,38)(H,32,39)(H,33,35,37)/t21-,23-,24-,29-,45-/m1/s1. The fourth-order valence-electron chi connectivity index (χ4n) is 4.66. The van der Waals surface area contributed by atoms with E-state index in [1.54, 1.807) is 27.7 Å². The van der Waals surface area contributed by atoms with Gasteiger partial charge in [0.05, 0.1) is 19.8 Å². The van der Waals surface area contributed by atoms with Crippen LogP contribution in [-0.4, -0.2) is 77.1 Å². The lowest BCUT2D eigenvalue weighted by molar-refractivity contribution is -0.118. The highest BCUT2D eigenvalue weighted by Crippen LogP contribution is 2.48. The Hall–Kier alpha value is -2.49. The number of ether oxygens (including phenoxy) is 3. The molecule has 1 aromatic carbocycles. The van der Waals surface area contributed by atoms with Crippen molar-refractivity contribution in [2.45, 2.75) is 64.0 Å². The summed E-state index contributed by atoms with van der Waals surface area (Å²) < 4.78 is 43.1. The molecular formula is C29H42ClN4O10PS. The van der Waals surface area contributed by atoms with Crippen molar-refractivity contribution in [1.29, 1.82) is 0 Å². The van der Waals surface area contributed by atoms with Crippen molar-refractivity contribution in [3.63, 3.8) is 0 Å². The molecule has 3 rings (SSSR count). The molecular weight excluding hydrogens is 663 g/mol. The first-order valence-corrected chi connectivity index (χ1v) is 17.6. The van der Waals surface area contributed by atoms with Gasteiger partial charge in [0.2, 0.25) is 0 Å². The van der Waals surface area contributed by atoms with Gasteiger partial charge in [-0.1, -0.05) is 55.9 Å². The van der Waals surface area contributed by atoms with E-state index in [1.807, 2.05) is 30.3 Å². The van der Waals surface area contributed by atoms with E-state index < -0.39 is 53.8 Å². The van der Waals surface area contributed by atoms with Gasteiger partial charge in [0.15, 0.2) is 11.3 Å². The number of methoxy groups -OCH3 is 1. The molecule has 0 bridgehead atoms. The molecule has 1 fully saturated rings. The second kappa shape index (κ2) is 17.1. The zero-order chi connectivity index (χ0) is 34.0. The summed E-state index contributed by atoms with van der Waals surface area (Å²) in [4.78, 5) is 49.4. The van der Waals surface area contributed by atoms with E-state index in [-0.39, 0.29) is 43.8 Å². The molecule has 0 radical (unpaired) electrons. The number of nitrogens with one attached hydrogen (secondary N) is 3. The quantitative estimate of drug-likeness (QED) is 0.124. The van der Waals surface area contributed by atoms with Crippen LogP contribution in [0.1, 0.15) is 45.9 Å². The third-order valence-electron chi connectivity index (χ3n) is 7.19. The first kappa shape index (κ1) is 38.0. The van der Waals surface area contributed by atoms with Crippen molar-refractivity contribution >= 4 is 42.3 Å². The molecule has 0 spiro atoms. The van der Waals surface area contributed by atoms with Crippen LogP contribution in [0.2, 0.25) is 0 Å². The highest BCUT2D eigenvalue weighted by Gasteiger charge is 2.55. The summed E-state index contributed by atoms with van der Waals surface area (Å²) in [6, 6.07) is 10.4. The Kier molecular flexibility index (Phi) is 14.1. The fraction of sp³-hybridized carbons (Fsp3) is 0.586. The average molecular weight is 705 g/mol. The van der Waals surface area contributed by atoms with Crippen molar-refractivity contribution in [2.24, 2.45) is 5.41 Å². The van der Waals surface area contributed by atoms with Gasteiger partial charge in [-0.2, -0.15) is 0 Å². The molecule has 0 saturated carbocycles. The lowest BCUT2D eigenvalue weighted by Gasteiger charge is -2.28. The maximum absolute atomic E-state index is 13.9. The van der Waals surface area contributed by atoms with E-state index in [0.29, 0.717) is 6.42 Å². The van der Waals surface area contributed by atoms with Crippen molar-refractivity contribution in [2.75, 3.05) is 39.2 Å². The number of nitrogens with zero attached hydrogens (tertiary/aromatic N) is 1. The number of hydrogen-bond donors (Lipinski definition) is 3. The molecule has 46 heavy (non-hydrogen) atoms. The van der Waals surface area contributed by atoms with Crippen LogP contribution >= 0.6 is 31.1 Å². The minimum absolute atomic E-state index is 0.0888. The lowest BCUT2D eigenvalue weighted by Crippen LogP contribution is -2.44. The summed E-state index contributed by atoms with van der Waals surface area (Å²) in [5, 5.41) is 5.34. The monoisotopic (exact) mass is 704 g/mol. The molecule has 1 saturated heterocycles. The van der Waals surface area contributed by atoms with Gasteiger partial charge < -0.3 is 19.5 Å². The molecule has 1 amide bonds. The molecule has 1 aliphatic rings. The van der Waals surface area contributed by atoms with Crippen LogP contribution in [0.4, 0.5) is 4.79 Å². The normalized spacial score (nSPS) is 22.7. The Morgan fingerprint density at radius 3 is 2.57 bits per heavy atom. The summed E-state index contributed by atoms with van der Waals surface area (Å²) >= 11 is 7.85. The van der Waals surface area contributed by atoms with Crippen molar-refractivity contribution in [3.05, 3.63) is 69.0 Å². The van der Waals surface area contributed by atoms with Gasteiger partial charge in [-0.15, -0.1) is 11.6 Å². The molecule has 256 valence electrons. The second-order valence-electron chi connectivity index (χ2n) is 11.2. The number of H-pyrrole nitrogens is 1. The van der Waals surface area contributed by atoms with E-state index in [9.17, 15) is 23.7 Å². The SMILES string of the molecule is CCOC(=O)NCCC(C)(C)C(=O)SCCO[P@](=O)(NCc1ccccc1)OC[C@H]1O[C@@H](n2ccc(=O)[nH]c2=O)[C@](C)(Cl)[C@@H]1OC. The number of halogens is 1. The predicted molar refractivity (Wildman–Crippen MR) is 174 cm³/mol. The molecule has 2 heterocycles. The molecule has 3 N–H and O–H groups in total. The molecule has 14 nitrogen and oxygen atoms in total. The number of rotatable bonds is 17. The van der Waals surface area contributed by atoms with Gasteiger partial charge in [0.1, 0.15) is 17.1 Å². The lowest BCUT2D eigenvalue weighted by atomic mass is 9.91. The third kappa shape index (κ3) is 10.5. The molecule has 2 aromatic rings. The van der Waals surface area contributed by atoms with Crippen molar-refractivity contribution in [1.82, 2.24) is 20.0 Å². The van der Waals surface area contributed by atoms with Gasteiger partial charge in [0.25, 0.3) is 5.56 Å². The maximum atomic E-state index is 13.9. The minimum atomic E-state index is -3.99. The number of aromatic nitrogens is 2. The second-order valence-corrected chi connectivity index (χ2v) is 14.9. The number of carbonyl (C=O) groups is 2. The summed E-state index contributed by atoms with van der Waals surface area (Å²) in [7, 11) is -2.57. The first-order valence-electron chi connectivity index (χ1n) is 14.7. The van der Waals surface area contributed by atoms with Gasteiger partial charge >= 0.3 is 19.5 Å². The summed E-state index contributed by atoms with van der Waals surface area (Å²) in [6.45, 7) is 7.18. The topological polar surface area (TPSA) is 176 Å². The van der Waals surface area contributed by atoms with E-state index in [2.05, 4.69) is 15.4 Å². The van der Waals surface area contributed by atoms with E-state index >= 15 is 0 Å². The number of benzene rings is 1. The molecule has 1 aromatic heterocycles. The number of carbonyl (C=O) groups excluding carboxylic acids is 2. The Morgan fingerprint density at radius 2 is 1.91 bits per heavy atom. The Labute approximate surface area is 276 Å². The van der Waals surface area contributed by atoms with E-state index in [1.165, 1.54) is 19.4 Å². The number of thioether (sulfide) groups is 1. The maximum Gasteiger partial charge on any atom is 0.407 e. The van der Waals surface area contributed by atoms with Crippen LogP contribution in [0, 0.1) is 5.41 Å². The number of amides is 1. The van der Waals surface area contributed by atoms with E-state index in [4.69, 9.17) is 34.9 Å².